The second-order valence-corrected chi connectivity index (χ2v) is 7.41. The summed E-state index contributed by atoms with van der Waals surface area (Å²) in [6, 6.07) is 15.3. The fourth-order valence-corrected chi connectivity index (χ4v) is 4.09. The van der Waals surface area contributed by atoms with E-state index in [1.165, 1.54) is 6.20 Å². The van der Waals surface area contributed by atoms with Crippen molar-refractivity contribution in [1.82, 2.24) is 14.7 Å². The number of aromatic nitrogens is 2. The number of amides is 1. The van der Waals surface area contributed by atoms with Crippen molar-refractivity contribution in [3.63, 3.8) is 0 Å². The predicted molar refractivity (Wildman–Crippen MR) is 112 cm³/mol. The molecule has 6 heteroatoms. The Balaban J connectivity index is 1.63. The average Bonchev–Trinajstić information content (AvgIpc) is 3.02. The molecule has 150 valence electrons. The first-order chi connectivity index (χ1) is 14.2. The summed E-state index contributed by atoms with van der Waals surface area (Å²) in [7, 11) is 1.65. The molecule has 0 unspecified atom stereocenters. The molecule has 3 aromatic rings. The number of hydrogen-bond donors (Lipinski definition) is 0. The second kappa shape index (κ2) is 8.47. The van der Waals surface area contributed by atoms with Gasteiger partial charge >= 0.3 is 0 Å². The van der Waals surface area contributed by atoms with Gasteiger partial charge in [-0.2, -0.15) is 5.10 Å². The maximum Gasteiger partial charge on any atom is 0.244 e. The minimum atomic E-state index is -0.129. The van der Waals surface area contributed by atoms with Crippen molar-refractivity contribution in [2.45, 2.75) is 38.3 Å². The van der Waals surface area contributed by atoms with Crippen LogP contribution in [0, 0.1) is 0 Å². The van der Waals surface area contributed by atoms with Gasteiger partial charge in [0.1, 0.15) is 12.3 Å². The molecule has 1 fully saturated rings. The lowest BCUT2D eigenvalue weighted by molar-refractivity contribution is -0.134. The molecule has 0 aliphatic carbocycles. The number of carbonyl (C=O) groups excluding carboxylic acids is 1. The summed E-state index contributed by atoms with van der Waals surface area (Å²) in [5.41, 5.74) is 1.68. The van der Waals surface area contributed by atoms with E-state index in [1.807, 2.05) is 47.4 Å². The lowest BCUT2D eigenvalue weighted by Crippen LogP contribution is -2.37. The highest BCUT2D eigenvalue weighted by Crippen LogP contribution is 2.31. The Morgan fingerprint density at radius 3 is 2.69 bits per heavy atom. The third-order valence-electron chi connectivity index (χ3n) is 5.62. The summed E-state index contributed by atoms with van der Waals surface area (Å²) in [6.45, 7) is 0.848. The summed E-state index contributed by atoms with van der Waals surface area (Å²) in [4.78, 5) is 27.4. The van der Waals surface area contributed by atoms with E-state index in [4.69, 9.17) is 4.74 Å². The molecule has 6 nitrogen and oxygen atoms in total. The van der Waals surface area contributed by atoms with E-state index < -0.39 is 0 Å². The molecular weight excluding hydrogens is 366 g/mol. The van der Waals surface area contributed by atoms with Gasteiger partial charge in [-0.05, 0) is 42.7 Å². The maximum atomic E-state index is 13.3. The van der Waals surface area contributed by atoms with Gasteiger partial charge in [-0.3, -0.25) is 14.3 Å². The van der Waals surface area contributed by atoms with Gasteiger partial charge in [0.25, 0.3) is 0 Å². The van der Waals surface area contributed by atoms with Gasteiger partial charge in [-0.1, -0.05) is 37.1 Å². The van der Waals surface area contributed by atoms with Crippen molar-refractivity contribution < 1.29 is 9.53 Å². The van der Waals surface area contributed by atoms with E-state index in [9.17, 15) is 9.59 Å². The smallest absolute Gasteiger partial charge is 0.244 e. The number of methoxy groups -OCH3 is 1. The van der Waals surface area contributed by atoms with Gasteiger partial charge in [0, 0.05) is 11.9 Å². The molecule has 1 amide bonds. The van der Waals surface area contributed by atoms with Crippen LogP contribution < -0.4 is 10.2 Å². The monoisotopic (exact) mass is 391 g/mol. The summed E-state index contributed by atoms with van der Waals surface area (Å²) in [5, 5.41) is 4.81. The van der Waals surface area contributed by atoms with E-state index in [0.717, 1.165) is 43.5 Å². The lowest BCUT2D eigenvalue weighted by Gasteiger charge is -2.31. The number of carbonyl (C=O) groups is 1. The number of fused-ring (bicyclic) bond motifs is 1. The van der Waals surface area contributed by atoms with Gasteiger partial charge in [0.05, 0.1) is 24.9 Å². The van der Waals surface area contributed by atoms with Crippen LogP contribution in [0.2, 0.25) is 0 Å². The Bertz CT molecular complexity index is 1060. The molecule has 1 saturated heterocycles. The normalized spacial score (nSPS) is 17.1. The zero-order chi connectivity index (χ0) is 20.2. The molecule has 4 rings (SSSR count). The predicted octanol–water partition coefficient (Wildman–Crippen LogP) is 3.55. The first kappa shape index (κ1) is 19.2. The lowest BCUT2D eigenvalue weighted by atomic mass is 10.0. The molecule has 0 radical (unpaired) electrons. The van der Waals surface area contributed by atoms with Crippen molar-refractivity contribution in [2.75, 3.05) is 13.7 Å². The minimum absolute atomic E-state index is 0.0222. The molecule has 2 heterocycles. The zero-order valence-electron chi connectivity index (χ0n) is 16.6. The second-order valence-electron chi connectivity index (χ2n) is 7.41. The summed E-state index contributed by atoms with van der Waals surface area (Å²) < 4.78 is 6.90. The molecule has 2 aromatic carbocycles. The Morgan fingerprint density at radius 2 is 1.90 bits per heavy atom. The van der Waals surface area contributed by atoms with Crippen LogP contribution >= 0.6 is 0 Å². The van der Waals surface area contributed by atoms with Gasteiger partial charge in [0.2, 0.25) is 11.3 Å². The van der Waals surface area contributed by atoms with Crippen molar-refractivity contribution in [1.29, 1.82) is 0 Å². The molecule has 0 saturated carbocycles. The molecule has 0 bridgehead atoms. The first-order valence-corrected chi connectivity index (χ1v) is 10.1. The van der Waals surface area contributed by atoms with E-state index in [1.54, 1.807) is 17.9 Å². The van der Waals surface area contributed by atoms with Crippen molar-refractivity contribution >= 4 is 16.8 Å². The van der Waals surface area contributed by atoms with Crippen LogP contribution in [-0.4, -0.2) is 34.2 Å². The molecule has 1 atom stereocenters. The number of para-hydroxylation sites is 1. The van der Waals surface area contributed by atoms with Crippen LogP contribution in [-0.2, 0) is 11.3 Å². The molecule has 0 spiro atoms. The Morgan fingerprint density at radius 1 is 1.10 bits per heavy atom. The Kier molecular flexibility index (Phi) is 5.60. The molecule has 1 aliphatic rings. The number of hydrogen-bond acceptors (Lipinski definition) is 4. The van der Waals surface area contributed by atoms with Crippen LogP contribution in [0.25, 0.3) is 10.9 Å². The quantitative estimate of drug-likeness (QED) is 0.682. The number of rotatable bonds is 4. The largest absolute Gasteiger partial charge is 0.497 e. The van der Waals surface area contributed by atoms with E-state index in [2.05, 4.69) is 5.10 Å². The van der Waals surface area contributed by atoms with Crippen LogP contribution in [0.5, 0.6) is 5.75 Å². The van der Waals surface area contributed by atoms with Gasteiger partial charge in [-0.25, -0.2) is 0 Å². The number of likely N-dealkylation sites (tertiary alicyclic amines) is 1. The third-order valence-corrected chi connectivity index (χ3v) is 5.62. The van der Waals surface area contributed by atoms with E-state index >= 15 is 0 Å². The average molecular weight is 391 g/mol. The molecule has 29 heavy (non-hydrogen) atoms. The molecule has 0 N–H and O–H groups in total. The van der Waals surface area contributed by atoms with Crippen molar-refractivity contribution in [2.24, 2.45) is 0 Å². The van der Waals surface area contributed by atoms with Gasteiger partial charge < -0.3 is 9.64 Å². The van der Waals surface area contributed by atoms with Crippen LogP contribution in [0.3, 0.4) is 0 Å². The van der Waals surface area contributed by atoms with Gasteiger partial charge in [-0.15, -0.1) is 0 Å². The summed E-state index contributed by atoms with van der Waals surface area (Å²) >= 11 is 0. The van der Waals surface area contributed by atoms with Crippen LogP contribution in [0.15, 0.2) is 59.5 Å². The maximum absolute atomic E-state index is 13.3. The highest BCUT2D eigenvalue weighted by atomic mass is 16.5. The highest BCUT2D eigenvalue weighted by Gasteiger charge is 2.27. The summed E-state index contributed by atoms with van der Waals surface area (Å²) in [5.74, 6) is 0.832. The fraction of sp³-hybridized carbons (Fsp3) is 0.348. The Hall–Kier alpha value is -3.15. The number of benzene rings is 2. The molecule has 1 aromatic heterocycles. The third kappa shape index (κ3) is 4.01. The first-order valence-electron chi connectivity index (χ1n) is 10.1. The van der Waals surface area contributed by atoms with Crippen molar-refractivity contribution in [3.8, 4) is 5.75 Å². The highest BCUT2D eigenvalue weighted by molar-refractivity contribution is 5.81. The van der Waals surface area contributed by atoms with Crippen LogP contribution in [0.4, 0.5) is 0 Å². The molecular formula is C23H25N3O3. The number of nitrogens with zero attached hydrogens (tertiary/aromatic N) is 3. The van der Waals surface area contributed by atoms with Gasteiger partial charge in [0.15, 0.2) is 0 Å². The summed E-state index contributed by atoms with van der Waals surface area (Å²) in [6.07, 6.45) is 5.45. The van der Waals surface area contributed by atoms with Crippen molar-refractivity contribution in [3.05, 3.63) is 70.5 Å². The SMILES string of the molecule is COc1ccc([C@@H]2CCCCCN2C(=O)Cn2ncc(=O)c3ccccc32)cc1. The van der Waals surface area contributed by atoms with Crippen LogP contribution in [0.1, 0.15) is 37.3 Å². The minimum Gasteiger partial charge on any atom is -0.497 e. The van der Waals surface area contributed by atoms with E-state index in [0.29, 0.717) is 10.9 Å². The molecule has 1 aliphatic heterocycles. The standard InChI is InChI=1S/C23H25N3O3/c1-29-18-12-10-17(11-13-18)20-8-3-2-6-14-25(20)23(28)16-26-21-9-5-4-7-19(21)22(27)15-24-26/h4-5,7,9-13,15,20H,2-3,6,8,14,16H2,1H3/t20-/m0/s1. The topological polar surface area (TPSA) is 64.4 Å². The Labute approximate surface area is 169 Å². The number of ether oxygens (including phenoxy) is 1. The van der Waals surface area contributed by atoms with E-state index in [-0.39, 0.29) is 23.9 Å². The fourth-order valence-electron chi connectivity index (χ4n) is 4.09. The zero-order valence-corrected chi connectivity index (χ0v) is 16.6.